The van der Waals surface area contributed by atoms with Gasteiger partial charge in [-0.1, -0.05) is 24.3 Å². The van der Waals surface area contributed by atoms with Gasteiger partial charge in [0.1, 0.15) is 5.82 Å². The van der Waals surface area contributed by atoms with Crippen LogP contribution >= 0.6 is 11.6 Å². The molecule has 0 saturated carbocycles. The number of hydrogen-bond acceptors (Lipinski definition) is 2. The molecular formula is C15H15ClN2. The molecule has 1 atom stereocenters. The van der Waals surface area contributed by atoms with Gasteiger partial charge in [0.05, 0.1) is 11.6 Å². The summed E-state index contributed by atoms with van der Waals surface area (Å²) in [5.74, 6) is 1.45. The Labute approximate surface area is 112 Å². The maximum absolute atomic E-state index is 5.86. The van der Waals surface area contributed by atoms with Gasteiger partial charge in [0.2, 0.25) is 0 Å². The summed E-state index contributed by atoms with van der Waals surface area (Å²) >= 11 is 5.86. The van der Waals surface area contributed by atoms with E-state index in [0.29, 0.717) is 11.9 Å². The second-order valence-corrected chi connectivity index (χ2v) is 4.94. The van der Waals surface area contributed by atoms with Crippen LogP contribution in [0.1, 0.15) is 18.2 Å². The lowest BCUT2D eigenvalue weighted by molar-refractivity contribution is 0.749. The van der Waals surface area contributed by atoms with Crippen molar-refractivity contribution in [1.29, 1.82) is 0 Å². The number of fused-ring (bicyclic) bond motifs is 1. The number of nitrogens with zero attached hydrogens (tertiary/aromatic N) is 2. The maximum Gasteiger partial charge on any atom is 0.133 e. The van der Waals surface area contributed by atoms with E-state index >= 15 is 0 Å². The molecule has 0 spiro atoms. The third-order valence-corrected chi connectivity index (χ3v) is 3.66. The van der Waals surface area contributed by atoms with Crippen molar-refractivity contribution in [2.45, 2.75) is 25.3 Å². The second-order valence-electron chi connectivity index (χ2n) is 4.67. The molecule has 0 radical (unpaired) electrons. The van der Waals surface area contributed by atoms with E-state index in [1.54, 1.807) is 0 Å². The molecule has 92 valence electrons. The molecule has 2 heterocycles. The zero-order valence-corrected chi connectivity index (χ0v) is 11.1. The Hall–Kier alpha value is -1.54. The van der Waals surface area contributed by atoms with Crippen LogP contribution in [0.15, 0.2) is 42.5 Å². The lowest BCUT2D eigenvalue weighted by atomic mass is 10.1. The van der Waals surface area contributed by atoms with Crippen molar-refractivity contribution in [3.05, 3.63) is 53.7 Å². The summed E-state index contributed by atoms with van der Waals surface area (Å²) in [5, 5.41) is 0. The molecule has 1 aliphatic rings. The minimum atomic E-state index is 0.445. The third-order valence-electron chi connectivity index (χ3n) is 3.38. The predicted octanol–water partition coefficient (Wildman–Crippen LogP) is 3.90. The van der Waals surface area contributed by atoms with Gasteiger partial charge in [0.25, 0.3) is 0 Å². The largest absolute Gasteiger partial charge is 0.323 e. The zero-order valence-electron chi connectivity index (χ0n) is 10.3. The summed E-state index contributed by atoms with van der Waals surface area (Å²) in [6.07, 6.45) is 1.07. The van der Waals surface area contributed by atoms with Crippen LogP contribution in [0.2, 0.25) is 0 Å². The van der Waals surface area contributed by atoms with Gasteiger partial charge >= 0.3 is 0 Å². The number of rotatable bonds is 2. The Bertz CT molecular complexity index is 568. The van der Waals surface area contributed by atoms with Gasteiger partial charge in [-0.25, -0.2) is 4.98 Å². The summed E-state index contributed by atoms with van der Waals surface area (Å²) in [4.78, 5) is 6.91. The van der Waals surface area contributed by atoms with E-state index in [2.05, 4.69) is 47.1 Å². The molecule has 0 N–H and O–H groups in total. The van der Waals surface area contributed by atoms with Crippen LogP contribution in [-0.4, -0.2) is 11.0 Å². The quantitative estimate of drug-likeness (QED) is 0.760. The van der Waals surface area contributed by atoms with Crippen LogP contribution in [0, 0.1) is 0 Å². The minimum absolute atomic E-state index is 0.445. The van der Waals surface area contributed by atoms with Crippen LogP contribution in [0.5, 0.6) is 0 Å². The van der Waals surface area contributed by atoms with E-state index in [9.17, 15) is 0 Å². The minimum Gasteiger partial charge on any atom is -0.323 e. The number of anilines is 2. The van der Waals surface area contributed by atoms with E-state index in [4.69, 9.17) is 11.6 Å². The van der Waals surface area contributed by atoms with Crippen molar-refractivity contribution in [1.82, 2.24) is 4.98 Å². The SMILES string of the molecule is CC1Cc2ccccc2N1c1cccc(CCl)n1. The number of aromatic nitrogens is 1. The third kappa shape index (κ3) is 1.87. The molecule has 1 aromatic heterocycles. The molecule has 0 amide bonds. The smallest absolute Gasteiger partial charge is 0.133 e. The number of para-hydroxylation sites is 1. The van der Waals surface area contributed by atoms with Gasteiger partial charge in [-0.05, 0) is 37.1 Å². The highest BCUT2D eigenvalue weighted by Gasteiger charge is 2.27. The Balaban J connectivity index is 2.06. The van der Waals surface area contributed by atoms with Crippen molar-refractivity contribution >= 4 is 23.1 Å². The molecular weight excluding hydrogens is 244 g/mol. The molecule has 0 aliphatic carbocycles. The summed E-state index contributed by atoms with van der Waals surface area (Å²) in [6, 6.07) is 15.0. The lowest BCUT2D eigenvalue weighted by Gasteiger charge is -2.24. The summed E-state index contributed by atoms with van der Waals surface area (Å²) in [7, 11) is 0. The van der Waals surface area contributed by atoms with E-state index in [0.717, 1.165) is 17.9 Å². The average molecular weight is 259 g/mol. The van der Waals surface area contributed by atoms with Gasteiger partial charge in [0.15, 0.2) is 0 Å². The van der Waals surface area contributed by atoms with Crippen molar-refractivity contribution in [3.63, 3.8) is 0 Å². The fourth-order valence-electron chi connectivity index (χ4n) is 2.59. The molecule has 1 aromatic carbocycles. The highest BCUT2D eigenvalue weighted by molar-refractivity contribution is 6.16. The summed E-state index contributed by atoms with van der Waals surface area (Å²) in [6.45, 7) is 2.23. The van der Waals surface area contributed by atoms with E-state index < -0.39 is 0 Å². The molecule has 1 aliphatic heterocycles. The van der Waals surface area contributed by atoms with Crippen LogP contribution in [0.25, 0.3) is 0 Å². The van der Waals surface area contributed by atoms with Gasteiger partial charge in [-0.15, -0.1) is 11.6 Å². The van der Waals surface area contributed by atoms with Crippen molar-refractivity contribution in [3.8, 4) is 0 Å². The predicted molar refractivity (Wildman–Crippen MR) is 75.5 cm³/mol. The van der Waals surface area contributed by atoms with E-state index in [1.807, 2.05) is 12.1 Å². The normalized spacial score (nSPS) is 17.9. The van der Waals surface area contributed by atoms with Crippen molar-refractivity contribution < 1.29 is 0 Å². The van der Waals surface area contributed by atoms with Gasteiger partial charge in [-0.2, -0.15) is 0 Å². The number of halogens is 1. The number of alkyl halides is 1. The Morgan fingerprint density at radius 3 is 2.89 bits per heavy atom. The molecule has 0 bridgehead atoms. The van der Waals surface area contributed by atoms with E-state index in [1.165, 1.54) is 11.3 Å². The molecule has 2 nitrogen and oxygen atoms in total. The molecule has 1 unspecified atom stereocenters. The molecule has 0 fully saturated rings. The number of pyridine rings is 1. The first kappa shape index (κ1) is 11.5. The Morgan fingerprint density at radius 1 is 1.22 bits per heavy atom. The van der Waals surface area contributed by atoms with Crippen molar-refractivity contribution in [2.24, 2.45) is 0 Å². The fraction of sp³-hybridized carbons (Fsp3) is 0.267. The second kappa shape index (κ2) is 4.62. The molecule has 0 saturated heterocycles. The standard InChI is InChI=1S/C15H15ClN2/c1-11-9-12-5-2-3-7-14(12)18(11)15-8-4-6-13(10-16)17-15/h2-8,11H,9-10H2,1H3. The molecule has 2 aromatic rings. The van der Waals surface area contributed by atoms with Gasteiger partial charge < -0.3 is 4.90 Å². The Kier molecular flexibility index (Phi) is 2.96. The topological polar surface area (TPSA) is 16.1 Å². The van der Waals surface area contributed by atoms with Crippen molar-refractivity contribution in [2.75, 3.05) is 4.90 Å². The van der Waals surface area contributed by atoms with E-state index in [-0.39, 0.29) is 0 Å². The summed E-state index contributed by atoms with van der Waals surface area (Å²) in [5.41, 5.74) is 3.58. The maximum atomic E-state index is 5.86. The van der Waals surface area contributed by atoms with Crippen LogP contribution < -0.4 is 4.90 Å². The van der Waals surface area contributed by atoms with Crippen LogP contribution in [0.3, 0.4) is 0 Å². The number of hydrogen-bond donors (Lipinski definition) is 0. The Morgan fingerprint density at radius 2 is 2.06 bits per heavy atom. The number of benzene rings is 1. The first-order valence-corrected chi connectivity index (χ1v) is 6.72. The highest BCUT2D eigenvalue weighted by Crippen LogP contribution is 2.37. The van der Waals surface area contributed by atoms with Gasteiger partial charge in [0, 0.05) is 11.7 Å². The lowest BCUT2D eigenvalue weighted by Crippen LogP contribution is -2.24. The first-order chi connectivity index (χ1) is 8.79. The molecule has 3 rings (SSSR count). The average Bonchev–Trinajstić information content (AvgIpc) is 2.74. The fourth-order valence-corrected chi connectivity index (χ4v) is 2.74. The monoisotopic (exact) mass is 258 g/mol. The van der Waals surface area contributed by atoms with Crippen LogP contribution in [-0.2, 0) is 12.3 Å². The van der Waals surface area contributed by atoms with Crippen LogP contribution in [0.4, 0.5) is 11.5 Å². The van der Waals surface area contributed by atoms with Gasteiger partial charge in [-0.3, -0.25) is 0 Å². The molecule has 18 heavy (non-hydrogen) atoms. The molecule has 3 heteroatoms. The zero-order chi connectivity index (χ0) is 12.5. The first-order valence-electron chi connectivity index (χ1n) is 6.18. The summed E-state index contributed by atoms with van der Waals surface area (Å²) < 4.78 is 0. The highest BCUT2D eigenvalue weighted by atomic mass is 35.5.